The van der Waals surface area contributed by atoms with Gasteiger partial charge in [0.15, 0.2) is 0 Å². The van der Waals surface area contributed by atoms with Crippen LogP contribution in [0.5, 0.6) is 0 Å². The van der Waals surface area contributed by atoms with Crippen LogP contribution in [-0.4, -0.2) is 0 Å². The molecule has 1 aliphatic carbocycles. The minimum absolute atomic E-state index is 0. The summed E-state index contributed by atoms with van der Waals surface area (Å²) < 4.78 is 0. The first kappa shape index (κ1) is 15.9. The summed E-state index contributed by atoms with van der Waals surface area (Å²) in [4.78, 5) is 0. The first-order chi connectivity index (χ1) is 6.45. The second kappa shape index (κ2) is 6.58. The molecule has 0 aliphatic heterocycles. The molecule has 0 bridgehead atoms. The number of rotatable bonds is 0. The Morgan fingerprint density at radius 1 is 0.625 bits per heavy atom. The number of benzene rings is 2. The maximum absolute atomic E-state index is 2.22. The molecular weight excluding hydrogens is 406 g/mol. The maximum atomic E-state index is 2.22. The Kier molecular flexibility index (Phi) is 6.54. The Labute approximate surface area is 127 Å². The van der Waals surface area contributed by atoms with Gasteiger partial charge in [-0.05, 0) is 28.7 Å². The van der Waals surface area contributed by atoms with E-state index in [1.54, 1.807) is 0 Å². The van der Waals surface area contributed by atoms with Gasteiger partial charge in [-0.2, -0.15) is 0 Å². The van der Waals surface area contributed by atoms with Crippen molar-refractivity contribution in [2.24, 2.45) is 0 Å². The van der Waals surface area contributed by atoms with Gasteiger partial charge in [-0.3, -0.25) is 0 Å². The van der Waals surface area contributed by atoms with Crippen molar-refractivity contribution in [2.75, 3.05) is 0 Å². The van der Waals surface area contributed by atoms with Crippen molar-refractivity contribution in [3.63, 3.8) is 0 Å². The Morgan fingerprint density at radius 2 is 1.00 bits per heavy atom. The molecule has 0 amide bonds. The summed E-state index contributed by atoms with van der Waals surface area (Å²) in [6, 6.07) is 17.3. The average Bonchev–Trinajstić information content (AvgIpc) is 2.56. The molecule has 82 valence electrons. The molecule has 0 atom stereocenters. The van der Waals surface area contributed by atoms with Crippen LogP contribution in [0.4, 0.5) is 0 Å². The summed E-state index contributed by atoms with van der Waals surface area (Å²) >= 11 is 0. The summed E-state index contributed by atoms with van der Waals surface area (Å²) in [5.74, 6) is 0. The van der Waals surface area contributed by atoms with Crippen molar-refractivity contribution in [2.45, 2.75) is 6.42 Å². The fourth-order valence-corrected chi connectivity index (χ4v) is 2.08. The van der Waals surface area contributed by atoms with Crippen LogP contribution < -0.4 is 24.8 Å². The molecule has 2 aromatic rings. The van der Waals surface area contributed by atoms with E-state index in [9.17, 15) is 0 Å². The van der Waals surface area contributed by atoms with Crippen molar-refractivity contribution in [1.82, 2.24) is 0 Å². The van der Waals surface area contributed by atoms with Gasteiger partial charge in [-0.15, -0.1) is 0 Å². The molecule has 0 unspecified atom stereocenters. The van der Waals surface area contributed by atoms with Gasteiger partial charge < -0.3 is 24.8 Å². The minimum Gasteiger partial charge on any atom is -1.00 e. The van der Waals surface area contributed by atoms with E-state index in [4.69, 9.17) is 0 Å². The van der Waals surface area contributed by atoms with Gasteiger partial charge in [-0.1, -0.05) is 48.5 Å². The van der Waals surface area contributed by atoms with E-state index in [0.717, 1.165) is 6.42 Å². The van der Waals surface area contributed by atoms with Crippen molar-refractivity contribution in [3.8, 4) is 11.1 Å². The molecule has 1 aliphatic rings. The zero-order valence-electron chi connectivity index (χ0n) is 8.58. The van der Waals surface area contributed by atoms with E-state index >= 15 is 0 Å². The Bertz CT molecular complexity index is 425. The van der Waals surface area contributed by atoms with E-state index in [-0.39, 0.29) is 50.7 Å². The fraction of sp³-hybridized carbons (Fsp3) is 0.0769. The SMILES string of the molecule is [Cl-].[Cl-].[Hf].c1ccc2c(c1)Cc1ccccc1-2. The third kappa shape index (κ3) is 2.58. The second-order valence-electron chi connectivity index (χ2n) is 3.49. The standard InChI is InChI=1S/C13H10.2ClH.Hf/c1-3-7-12-10(5-1)9-11-6-2-4-8-13(11)12;;;/h1-8H,9H2;2*1H;/p-2. The van der Waals surface area contributed by atoms with Gasteiger partial charge in [-0.25, -0.2) is 0 Å². The molecule has 0 saturated carbocycles. The third-order valence-corrected chi connectivity index (χ3v) is 2.71. The fourth-order valence-electron chi connectivity index (χ4n) is 2.08. The molecule has 0 spiro atoms. The second-order valence-corrected chi connectivity index (χ2v) is 3.49. The molecule has 0 heterocycles. The van der Waals surface area contributed by atoms with E-state index in [1.165, 1.54) is 22.3 Å². The Morgan fingerprint density at radius 3 is 1.44 bits per heavy atom. The molecule has 0 nitrogen and oxygen atoms in total. The molecule has 0 aromatic heterocycles. The summed E-state index contributed by atoms with van der Waals surface area (Å²) in [7, 11) is 0. The first-order valence-electron chi connectivity index (χ1n) is 4.61. The number of fused-ring (bicyclic) bond motifs is 3. The van der Waals surface area contributed by atoms with Crippen molar-refractivity contribution >= 4 is 0 Å². The van der Waals surface area contributed by atoms with Crippen LogP contribution in [0.25, 0.3) is 11.1 Å². The molecule has 0 saturated heterocycles. The van der Waals surface area contributed by atoms with Crippen LogP contribution in [0.2, 0.25) is 0 Å². The molecule has 16 heavy (non-hydrogen) atoms. The molecule has 3 heteroatoms. The van der Waals surface area contributed by atoms with Crippen LogP contribution in [-0.2, 0) is 32.3 Å². The summed E-state index contributed by atoms with van der Waals surface area (Å²) in [6.45, 7) is 0. The van der Waals surface area contributed by atoms with Gasteiger partial charge in [0.05, 0.1) is 0 Å². The van der Waals surface area contributed by atoms with Gasteiger partial charge in [0.2, 0.25) is 0 Å². The molecule has 0 fully saturated rings. The van der Waals surface area contributed by atoms with Crippen LogP contribution >= 0.6 is 0 Å². The van der Waals surface area contributed by atoms with Crippen LogP contribution in [0.3, 0.4) is 0 Å². The predicted molar refractivity (Wildman–Crippen MR) is 54.7 cm³/mol. The average molecular weight is 416 g/mol. The van der Waals surface area contributed by atoms with Gasteiger partial charge in [0, 0.05) is 25.8 Å². The van der Waals surface area contributed by atoms with E-state index in [1.807, 2.05) is 0 Å². The van der Waals surface area contributed by atoms with Gasteiger partial charge in [0.25, 0.3) is 0 Å². The summed E-state index contributed by atoms with van der Waals surface area (Å²) in [5, 5.41) is 0. The quantitative estimate of drug-likeness (QED) is 0.350. The largest absolute Gasteiger partial charge is 1.00 e. The van der Waals surface area contributed by atoms with Gasteiger partial charge in [0.1, 0.15) is 0 Å². The number of hydrogen-bond acceptors (Lipinski definition) is 0. The molecule has 2 aromatic carbocycles. The van der Waals surface area contributed by atoms with Crippen molar-refractivity contribution in [3.05, 3.63) is 59.7 Å². The minimum atomic E-state index is 0. The van der Waals surface area contributed by atoms with Crippen LogP contribution in [0.1, 0.15) is 11.1 Å². The third-order valence-electron chi connectivity index (χ3n) is 2.71. The van der Waals surface area contributed by atoms with Crippen molar-refractivity contribution in [1.29, 1.82) is 0 Å². The smallest absolute Gasteiger partial charge is 0 e. The molecular formula is C13H10Cl2Hf-2. The normalized spacial score (nSPS) is 10.0. The van der Waals surface area contributed by atoms with E-state index < -0.39 is 0 Å². The number of hydrogen-bond donors (Lipinski definition) is 0. The number of halogens is 2. The monoisotopic (exact) mass is 416 g/mol. The Balaban J connectivity index is 0.000000750. The summed E-state index contributed by atoms with van der Waals surface area (Å²) in [5.41, 5.74) is 5.75. The van der Waals surface area contributed by atoms with Gasteiger partial charge >= 0.3 is 0 Å². The zero-order chi connectivity index (χ0) is 8.67. The van der Waals surface area contributed by atoms with E-state index in [2.05, 4.69) is 48.5 Å². The van der Waals surface area contributed by atoms with Crippen LogP contribution in [0.15, 0.2) is 48.5 Å². The van der Waals surface area contributed by atoms with Crippen LogP contribution in [0, 0.1) is 0 Å². The van der Waals surface area contributed by atoms with Crippen molar-refractivity contribution < 1.29 is 50.7 Å². The zero-order valence-corrected chi connectivity index (χ0v) is 13.7. The maximum Gasteiger partial charge on any atom is 0 e. The molecule has 3 rings (SSSR count). The van der Waals surface area contributed by atoms with E-state index in [0.29, 0.717) is 0 Å². The first-order valence-corrected chi connectivity index (χ1v) is 4.61. The molecule has 0 N–H and O–H groups in total. The molecule has 0 radical (unpaired) electrons. The summed E-state index contributed by atoms with van der Waals surface area (Å²) in [6.07, 6.45) is 1.10. The topological polar surface area (TPSA) is 0 Å². The predicted octanol–water partition coefficient (Wildman–Crippen LogP) is -2.74. The Hall–Kier alpha value is -0.110.